The van der Waals surface area contributed by atoms with E-state index < -0.39 is 0 Å². The Balaban J connectivity index is 2.16. The van der Waals surface area contributed by atoms with E-state index in [0.717, 1.165) is 11.1 Å². The van der Waals surface area contributed by atoms with E-state index in [2.05, 4.69) is 0 Å². The van der Waals surface area contributed by atoms with Crippen LogP contribution in [0.4, 0.5) is 0 Å². The SMILES string of the molecule is OCCC(C=Cc1ccc(O)cc1)c1ccc(O)cc1. The molecule has 3 N–H and O–H groups in total. The molecule has 2 aromatic rings. The molecule has 0 saturated carbocycles. The van der Waals surface area contributed by atoms with E-state index in [-0.39, 0.29) is 24.0 Å². The first-order chi connectivity index (χ1) is 9.69. The van der Waals surface area contributed by atoms with Crippen molar-refractivity contribution in [2.24, 2.45) is 0 Å². The maximum atomic E-state index is 9.31. The third-order valence-electron chi connectivity index (χ3n) is 3.18. The smallest absolute Gasteiger partial charge is 0.115 e. The fourth-order valence-electron chi connectivity index (χ4n) is 2.05. The summed E-state index contributed by atoms with van der Waals surface area (Å²) in [5.74, 6) is 0.570. The molecule has 0 aromatic heterocycles. The van der Waals surface area contributed by atoms with Gasteiger partial charge in [0.2, 0.25) is 0 Å². The van der Waals surface area contributed by atoms with Crippen LogP contribution in [0.3, 0.4) is 0 Å². The Bertz CT molecular complexity index is 556. The van der Waals surface area contributed by atoms with E-state index in [1.54, 1.807) is 24.3 Å². The standard InChI is InChI=1S/C17H18O3/c18-12-11-15(14-5-9-17(20)10-6-14)4-1-13-2-7-16(19)8-3-13/h1-10,15,18-20H,11-12H2. The highest BCUT2D eigenvalue weighted by Gasteiger charge is 2.07. The zero-order valence-electron chi connectivity index (χ0n) is 11.1. The minimum absolute atomic E-state index is 0.0920. The van der Waals surface area contributed by atoms with Gasteiger partial charge in [0.25, 0.3) is 0 Å². The lowest BCUT2D eigenvalue weighted by Gasteiger charge is -2.12. The summed E-state index contributed by atoms with van der Waals surface area (Å²) in [6, 6.07) is 14.0. The van der Waals surface area contributed by atoms with Gasteiger partial charge in [0.05, 0.1) is 0 Å². The van der Waals surface area contributed by atoms with Crippen molar-refractivity contribution in [3.05, 3.63) is 65.7 Å². The first-order valence-corrected chi connectivity index (χ1v) is 6.56. The number of phenols is 2. The average Bonchev–Trinajstić information content (AvgIpc) is 2.46. The molecule has 0 aliphatic rings. The molecular weight excluding hydrogens is 252 g/mol. The summed E-state index contributed by atoms with van der Waals surface area (Å²) in [5.41, 5.74) is 2.04. The molecule has 104 valence electrons. The van der Waals surface area contributed by atoms with Crippen LogP contribution in [0, 0.1) is 0 Å². The monoisotopic (exact) mass is 270 g/mol. The number of aliphatic hydroxyl groups excluding tert-OH is 1. The van der Waals surface area contributed by atoms with E-state index in [4.69, 9.17) is 5.11 Å². The molecule has 20 heavy (non-hydrogen) atoms. The molecule has 3 heteroatoms. The fourth-order valence-corrected chi connectivity index (χ4v) is 2.05. The first-order valence-electron chi connectivity index (χ1n) is 6.56. The van der Waals surface area contributed by atoms with Crippen molar-refractivity contribution in [1.82, 2.24) is 0 Å². The summed E-state index contributed by atoms with van der Waals surface area (Å²) in [4.78, 5) is 0. The van der Waals surface area contributed by atoms with Crippen LogP contribution in [0.15, 0.2) is 54.6 Å². The number of aromatic hydroxyl groups is 2. The lowest BCUT2D eigenvalue weighted by Crippen LogP contribution is -1.98. The van der Waals surface area contributed by atoms with Crippen LogP contribution in [0.1, 0.15) is 23.5 Å². The van der Waals surface area contributed by atoms with Gasteiger partial charge in [-0.25, -0.2) is 0 Å². The van der Waals surface area contributed by atoms with Crippen LogP contribution < -0.4 is 0 Å². The van der Waals surface area contributed by atoms with Gasteiger partial charge in [0, 0.05) is 12.5 Å². The van der Waals surface area contributed by atoms with Crippen molar-refractivity contribution >= 4 is 6.08 Å². The fraction of sp³-hybridized carbons (Fsp3) is 0.176. The Kier molecular flexibility index (Phi) is 4.80. The quantitative estimate of drug-likeness (QED) is 0.781. The van der Waals surface area contributed by atoms with Crippen molar-refractivity contribution in [2.75, 3.05) is 6.61 Å². The third-order valence-corrected chi connectivity index (χ3v) is 3.18. The second-order valence-electron chi connectivity index (χ2n) is 4.66. The van der Waals surface area contributed by atoms with Crippen LogP contribution >= 0.6 is 0 Å². The van der Waals surface area contributed by atoms with Crippen molar-refractivity contribution in [2.45, 2.75) is 12.3 Å². The molecule has 0 fully saturated rings. The van der Waals surface area contributed by atoms with Gasteiger partial charge in [-0.2, -0.15) is 0 Å². The third kappa shape index (κ3) is 3.87. The molecule has 0 heterocycles. The second-order valence-corrected chi connectivity index (χ2v) is 4.66. The normalized spacial score (nSPS) is 12.7. The van der Waals surface area contributed by atoms with Gasteiger partial charge in [-0.15, -0.1) is 0 Å². The number of aliphatic hydroxyl groups is 1. The molecule has 0 spiro atoms. The van der Waals surface area contributed by atoms with Crippen LogP contribution in [-0.4, -0.2) is 21.9 Å². The van der Waals surface area contributed by atoms with Crippen LogP contribution in [0.2, 0.25) is 0 Å². The van der Waals surface area contributed by atoms with Gasteiger partial charge < -0.3 is 15.3 Å². The van der Waals surface area contributed by atoms with Crippen LogP contribution in [0.5, 0.6) is 11.5 Å². The van der Waals surface area contributed by atoms with Crippen LogP contribution in [-0.2, 0) is 0 Å². The topological polar surface area (TPSA) is 60.7 Å². The highest BCUT2D eigenvalue weighted by atomic mass is 16.3. The van der Waals surface area contributed by atoms with E-state index in [1.807, 2.05) is 36.4 Å². The van der Waals surface area contributed by atoms with Crippen molar-refractivity contribution in [3.8, 4) is 11.5 Å². The predicted octanol–water partition coefficient (Wildman–Crippen LogP) is 3.28. The minimum atomic E-state index is 0.0920. The lowest BCUT2D eigenvalue weighted by molar-refractivity contribution is 0.283. The Hall–Kier alpha value is -2.26. The summed E-state index contributed by atoms with van der Waals surface area (Å²) < 4.78 is 0. The van der Waals surface area contributed by atoms with Gasteiger partial charge >= 0.3 is 0 Å². The highest BCUT2D eigenvalue weighted by Crippen LogP contribution is 2.24. The van der Waals surface area contributed by atoms with Gasteiger partial charge in [-0.3, -0.25) is 0 Å². The summed E-state index contributed by atoms with van der Waals surface area (Å²) in [6.45, 7) is 0.103. The molecule has 0 saturated heterocycles. The molecule has 1 atom stereocenters. The number of hydrogen-bond acceptors (Lipinski definition) is 3. The highest BCUT2D eigenvalue weighted by molar-refractivity contribution is 5.52. The summed E-state index contributed by atoms with van der Waals surface area (Å²) >= 11 is 0. The molecule has 3 nitrogen and oxygen atoms in total. The van der Waals surface area contributed by atoms with Crippen LogP contribution in [0.25, 0.3) is 6.08 Å². The average molecular weight is 270 g/mol. The number of hydrogen-bond donors (Lipinski definition) is 3. The number of allylic oxidation sites excluding steroid dienone is 1. The number of rotatable bonds is 5. The first kappa shape index (κ1) is 14.2. The number of phenolic OH excluding ortho intramolecular Hbond substituents is 2. The maximum Gasteiger partial charge on any atom is 0.115 e. The van der Waals surface area contributed by atoms with E-state index in [1.165, 1.54) is 0 Å². The van der Waals surface area contributed by atoms with Gasteiger partial charge in [-0.1, -0.05) is 36.4 Å². The van der Waals surface area contributed by atoms with E-state index >= 15 is 0 Å². The minimum Gasteiger partial charge on any atom is -0.508 e. The Morgan fingerprint density at radius 2 is 1.40 bits per heavy atom. The zero-order valence-corrected chi connectivity index (χ0v) is 11.1. The van der Waals surface area contributed by atoms with Gasteiger partial charge in [0.1, 0.15) is 11.5 Å². The second kappa shape index (κ2) is 6.78. The molecule has 1 unspecified atom stereocenters. The molecule has 0 bridgehead atoms. The summed E-state index contributed by atoms with van der Waals surface area (Å²) in [5, 5.41) is 27.7. The largest absolute Gasteiger partial charge is 0.508 e. The molecular formula is C17H18O3. The van der Waals surface area contributed by atoms with Crippen molar-refractivity contribution in [3.63, 3.8) is 0 Å². The predicted molar refractivity (Wildman–Crippen MR) is 79.7 cm³/mol. The Labute approximate surface area is 118 Å². The van der Waals surface area contributed by atoms with Crippen molar-refractivity contribution < 1.29 is 15.3 Å². The Morgan fingerprint density at radius 1 is 0.850 bits per heavy atom. The summed E-state index contributed by atoms with van der Waals surface area (Å²) in [6.07, 6.45) is 4.61. The molecule has 2 aromatic carbocycles. The zero-order chi connectivity index (χ0) is 14.4. The van der Waals surface area contributed by atoms with Gasteiger partial charge in [-0.05, 0) is 41.8 Å². The molecule has 0 aliphatic carbocycles. The number of benzene rings is 2. The lowest BCUT2D eigenvalue weighted by atomic mass is 9.95. The van der Waals surface area contributed by atoms with E-state index in [9.17, 15) is 10.2 Å². The molecule has 2 rings (SSSR count). The summed E-state index contributed by atoms with van der Waals surface area (Å²) in [7, 11) is 0. The van der Waals surface area contributed by atoms with E-state index in [0.29, 0.717) is 6.42 Å². The van der Waals surface area contributed by atoms with Crippen molar-refractivity contribution in [1.29, 1.82) is 0 Å². The van der Waals surface area contributed by atoms with Gasteiger partial charge in [0.15, 0.2) is 0 Å². The molecule has 0 radical (unpaired) electrons. The Morgan fingerprint density at radius 3 is 1.95 bits per heavy atom. The molecule has 0 amide bonds. The molecule has 0 aliphatic heterocycles. The maximum absolute atomic E-state index is 9.31.